The highest BCUT2D eigenvalue weighted by atomic mass is 19.4. The number of hydrogen-bond donors (Lipinski definition) is 0. The molecule has 1 rings (SSSR count). The largest absolute Gasteiger partial charge is 0.413 e. The monoisotopic (exact) mass is 164 g/mol. The van der Waals surface area contributed by atoms with Crippen molar-refractivity contribution < 1.29 is 18.0 Å². The zero-order chi connectivity index (χ0) is 8.48. The normalized spacial score (nSPS) is 20.1. The van der Waals surface area contributed by atoms with Gasteiger partial charge in [0.1, 0.15) is 6.29 Å². The lowest BCUT2D eigenvalue weighted by molar-refractivity contribution is -0.107. The summed E-state index contributed by atoms with van der Waals surface area (Å²) in [5, 5.41) is 0. The lowest BCUT2D eigenvalue weighted by Crippen LogP contribution is -2.13. The molecule has 1 nitrogen and oxygen atoms in total. The summed E-state index contributed by atoms with van der Waals surface area (Å²) in [6.07, 6.45) is -2.39. The number of aldehydes is 1. The lowest BCUT2D eigenvalue weighted by atomic mass is 10.1. The fourth-order valence-corrected chi connectivity index (χ4v) is 0.930. The van der Waals surface area contributed by atoms with Crippen molar-refractivity contribution >= 4 is 6.29 Å². The van der Waals surface area contributed by atoms with E-state index in [1.165, 1.54) is 0 Å². The Morgan fingerprint density at radius 2 is 1.91 bits per heavy atom. The second-order valence-electron chi connectivity index (χ2n) is 2.53. The minimum atomic E-state index is -4.32. The average Bonchev–Trinajstić information content (AvgIpc) is 2.61. The first-order valence-corrected chi connectivity index (χ1v) is 3.28. The quantitative estimate of drug-likeness (QED) is 0.451. The number of carbonyl (C=O) groups excluding carboxylic acids is 1. The van der Waals surface area contributed by atoms with Crippen molar-refractivity contribution in [1.29, 1.82) is 0 Å². The van der Waals surface area contributed by atoms with Crippen molar-refractivity contribution in [3.8, 4) is 0 Å². The van der Waals surface area contributed by atoms with E-state index < -0.39 is 17.7 Å². The zero-order valence-corrected chi connectivity index (χ0v) is 5.69. The van der Waals surface area contributed by atoms with Gasteiger partial charge < -0.3 is 0 Å². The smallest absolute Gasteiger partial charge is 0.299 e. The van der Waals surface area contributed by atoms with Gasteiger partial charge in [-0.2, -0.15) is 13.2 Å². The van der Waals surface area contributed by atoms with Gasteiger partial charge in [-0.1, -0.05) is 0 Å². The molecule has 0 radical (unpaired) electrons. The molecule has 1 saturated carbocycles. The summed E-state index contributed by atoms with van der Waals surface area (Å²) >= 11 is 0. The minimum absolute atomic E-state index is 0.196. The van der Waals surface area contributed by atoms with Gasteiger partial charge in [-0.15, -0.1) is 0 Å². The molecule has 0 aromatic heterocycles. The van der Waals surface area contributed by atoms with Crippen molar-refractivity contribution in [2.45, 2.75) is 19.0 Å². The fraction of sp³-hybridized carbons (Fsp3) is 0.571. The Kier molecular flexibility index (Phi) is 2.02. The van der Waals surface area contributed by atoms with E-state index in [1.807, 2.05) is 0 Å². The average molecular weight is 164 g/mol. The summed E-state index contributed by atoms with van der Waals surface area (Å²) < 4.78 is 35.9. The van der Waals surface area contributed by atoms with E-state index in [2.05, 4.69) is 0 Å². The number of carbonyl (C=O) groups is 1. The lowest BCUT2D eigenvalue weighted by Gasteiger charge is -2.08. The molecule has 4 heteroatoms. The number of hydrogen-bond acceptors (Lipinski definition) is 1. The Balaban J connectivity index is 2.74. The fourth-order valence-electron chi connectivity index (χ4n) is 0.930. The molecule has 0 spiro atoms. The van der Waals surface area contributed by atoms with Crippen LogP contribution in [-0.2, 0) is 4.79 Å². The van der Waals surface area contributed by atoms with E-state index in [1.54, 1.807) is 0 Å². The molecule has 0 N–H and O–H groups in total. The van der Waals surface area contributed by atoms with Gasteiger partial charge in [0.05, 0.1) is 0 Å². The second kappa shape index (κ2) is 2.68. The standard InChI is InChI=1S/C7H7F3O/c8-7(9,10)6(3-4-11)5-1-2-5/h3-5H,1-2H2. The SMILES string of the molecule is O=CC=C(C1CC1)C(F)(F)F. The third kappa shape index (κ3) is 2.06. The highest BCUT2D eigenvalue weighted by Gasteiger charge is 2.42. The maximum atomic E-state index is 12.0. The maximum absolute atomic E-state index is 12.0. The molecule has 1 aliphatic carbocycles. The van der Waals surface area contributed by atoms with E-state index in [9.17, 15) is 18.0 Å². The van der Waals surface area contributed by atoms with E-state index in [-0.39, 0.29) is 6.29 Å². The van der Waals surface area contributed by atoms with Crippen LogP contribution in [0.5, 0.6) is 0 Å². The van der Waals surface area contributed by atoms with Crippen LogP contribution in [0.15, 0.2) is 11.6 Å². The number of allylic oxidation sites excluding steroid dienone is 2. The summed E-state index contributed by atoms with van der Waals surface area (Å²) in [4.78, 5) is 9.82. The Morgan fingerprint density at radius 1 is 1.36 bits per heavy atom. The molecule has 0 amide bonds. The molecule has 11 heavy (non-hydrogen) atoms. The van der Waals surface area contributed by atoms with Crippen LogP contribution in [0.2, 0.25) is 0 Å². The van der Waals surface area contributed by atoms with E-state index in [0.717, 1.165) is 0 Å². The van der Waals surface area contributed by atoms with Gasteiger partial charge in [-0.3, -0.25) is 4.79 Å². The molecule has 0 aliphatic heterocycles. The van der Waals surface area contributed by atoms with E-state index in [0.29, 0.717) is 18.9 Å². The molecule has 0 aromatic rings. The first-order chi connectivity index (χ1) is 5.05. The Bertz CT molecular complexity index is 188. The molecule has 0 unspecified atom stereocenters. The molecule has 0 atom stereocenters. The Hall–Kier alpha value is -0.800. The number of halogens is 3. The third-order valence-corrected chi connectivity index (χ3v) is 1.59. The van der Waals surface area contributed by atoms with Gasteiger partial charge in [0.2, 0.25) is 0 Å². The molecule has 1 aliphatic rings. The van der Waals surface area contributed by atoms with Crippen molar-refractivity contribution in [1.82, 2.24) is 0 Å². The number of alkyl halides is 3. The Morgan fingerprint density at radius 3 is 2.18 bits per heavy atom. The molecule has 0 heterocycles. The van der Waals surface area contributed by atoms with Crippen LogP contribution >= 0.6 is 0 Å². The molecule has 0 bridgehead atoms. The summed E-state index contributed by atoms with van der Waals surface area (Å²) in [5.74, 6) is -0.416. The summed E-state index contributed by atoms with van der Waals surface area (Å²) in [7, 11) is 0. The maximum Gasteiger partial charge on any atom is 0.413 e. The van der Waals surface area contributed by atoms with Crippen molar-refractivity contribution in [3.63, 3.8) is 0 Å². The van der Waals surface area contributed by atoms with Gasteiger partial charge in [-0.05, 0) is 24.8 Å². The van der Waals surface area contributed by atoms with Gasteiger partial charge in [0.15, 0.2) is 0 Å². The second-order valence-corrected chi connectivity index (χ2v) is 2.53. The summed E-state index contributed by atoms with van der Waals surface area (Å²) in [6.45, 7) is 0. The van der Waals surface area contributed by atoms with Gasteiger partial charge in [0, 0.05) is 5.57 Å². The number of rotatable bonds is 2. The molecular weight excluding hydrogens is 157 g/mol. The van der Waals surface area contributed by atoms with Gasteiger partial charge >= 0.3 is 6.18 Å². The highest BCUT2D eigenvalue weighted by Crippen LogP contribution is 2.44. The van der Waals surface area contributed by atoms with Crippen molar-refractivity contribution in [2.75, 3.05) is 0 Å². The first kappa shape index (κ1) is 8.30. The van der Waals surface area contributed by atoms with Gasteiger partial charge in [-0.25, -0.2) is 0 Å². The topological polar surface area (TPSA) is 17.1 Å². The zero-order valence-electron chi connectivity index (χ0n) is 5.69. The molecular formula is C7H7F3O. The highest BCUT2D eigenvalue weighted by molar-refractivity contribution is 5.67. The van der Waals surface area contributed by atoms with Gasteiger partial charge in [0.25, 0.3) is 0 Å². The third-order valence-electron chi connectivity index (χ3n) is 1.59. The van der Waals surface area contributed by atoms with Crippen LogP contribution < -0.4 is 0 Å². The first-order valence-electron chi connectivity index (χ1n) is 3.28. The Labute approximate surface area is 61.9 Å². The van der Waals surface area contributed by atoms with E-state index in [4.69, 9.17) is 0 Å². The molecule has 0 saturated heterocycles. The van der Waals surface area contributed by atoms with Crippen LogP contribution in [0.1, 0.15) is 12.8 Å². The van der Waals surface area contributed by atoms with Crippen LogP contribution in [0.4, 0.5) is 13.2 Å². The predicted molar refractivity (Wildman–Crippen MR) is 32.9 cm³/mol. The molecule has 0 aromatic carbocycles. The summed E-state index contributed by atoms with van der Waals surface area (Å²) in [6, 6.07) is 0. The van der Waals surface area contributed by atoms with Crippen molar-refractivity contribution in [2.24, 2.45) is 5.92 Å². The van der Waals surface area contributed by atoms with Crippen LogP contribution in [0.3, 0.4) is 0 Å². The van der Waals surface area contributed by atoms with Crippen LogP contribution in [0, 0.1) is 5.92 Å². The summed E-state index contributed by atoms with van der Waals surface area (Å²) in [5.41, 5.74) is -0.674. The van der Waals surface area contributed by atoms with E-state index >= 15 is 0 Å². The van der Waals surface area contributed by atoms with Crippen molar-refractivity contribution in [3.05, 3.63) is 11.6 Å². The molecule has 62 valence electrons. The predicted octanol–water partition coefficient (Wildman–Crippen LogP) is 2.08. The molecule has 1 fully saturated rings. The van der Waals surface area contributed by atoms with Crippen LogP contribution in [-0.4, -0.2) is 12.5 Å². The van der Waals surface area contributed by atoms with Crippen LogP contribution in [0.25, 0.3) is 0 Å². The minimum Gasteiger partial charge on any atom is -0.299 e.